The number of carbonyl (C=O) groups is 2. The number of unbranched alkanes of at least 4 members (excludes halogenated alkanes) is 1. The van der Waals surface area contributed by atoms with E-state index in [2.05, 4.69) is 21.3 Å². The molecule has 0 bridgehead atoms. The van der Waals surface area contributed by atoms with E-state index in [1.807, 2.05) is 31.2 Å². The largest absolute Gasteiger partial charge is 0.390 e. The molecule has 5 N–H and O–H groups in total. The SMILES string of the molecule is CCCCC(F)(F)CCC(NC(=O)NC)C(=O)N[C@@H](Cc1cc(F)cc(F)c1)[C@H](O)CNCc1cccc(CC)c1. The van der Waals surface area contributed by atoms with Gasteiger partial charge in [-0.2, -0.15) is 0 Å². The van der Waals surface area contributed by atoms with E-state index in [1.165, 1.54) is 7.05 Å². The maximum Gasteiger partial charge on any atom is 0.315 e. The van der Waals surface area contributed by atoms with Crippen molar-refractivity contribution < 1.29 is 32.3 Å². The maximum absolute atomic E-state index is 14.4. The summed E-state index contributed by atoms with van der Waals surface area (Å²) in [6.45, 7) is 4.28. The zero-order valence-electron chi connectivity index (χ0n) is 23.9. The summed E-state index contributed by atoms with van der Waals surface area (Å²) in [6, 6.07) is 7.67. The second kappa shape index (κ2) is 16.9. The number of urea groups is 1. The van der Waals surface area contributed by atoms with Gasteiger partial charge in [0.1, 0.15) is 17.7 Å². The first-order valence-electron chi connectivity index (χ1n) is 14.0. The molecule has 0 aliphatic heterocycles. The van der Waals surface area contributed by atoms with Gasteiger partial charge in [-0.05, 0) is 54.5 Å². The smallest absolute Gasteiger partial charge is 0.315 e. The van der Waals surface area contributed by atoms with E-state index in [0.29, 0.717) is 25.5 Å². The Labute approximate surface area is 239 Å². The van der Waals surface area contributed by atoms with Crippen molar-refractivity contribution in [3.05, 3.63) is 70.8 Å². The van der Waals surface area contributed by atoms with Crippen LogP contribution in [0.25, 0.3) is 0 Å². The molecule has 228 valence electrons. The van der Waals surface area contributed by atoms with Crippen molar-refractivity contribution >= 4 is 11.9 Å². The summed E-state index contributed by atoms with van der Waals surface area (Å²) in [5.41, 5.74) is 2.32. The first kappa shape index (κ1) is 34.0. The van der Waals surface area contributed by atoms with Crippen LogP contribution in [0, 0.1) is 11.6 Å². The molecule has 11 heteroatoms. The summed E-state index contributed by atoms with van der Waals surface area (Å²) >= 11 is 0. The summed E-state index contributed by atoms with van der Waals surface area (Å²) in [7, 11) is 1.33. The molecular formula is C30H42F4N4O3. The highest BCUT2D eigenvalue weighted by Gasteiger charge is 2.33. The van der Waals surface area contributed by atoms with Gasteiger partial charge in [0.25, 0.3) is 0 Å². The number of aryl methyl sites for hydroxylation is 1. The Kier molecular flexibility index (Phi) is 14.1. The fraction of sp³-hybridized carbons (Fsp3) is 0.533. The van der Waals surface area contributed by atoms with E-state index in [9.17, 15) is 32.3 Å². The summed E-state index contributed by atoms with van der Waals surface area (Å²) in [5.74, 6) is -5.45. The molecule has 0 fully saturated rings. The summed E-state index contributed by atoms with van der Waals surface area (Å²) in [6.07, 6.45) is -0.897. The van der Waals surface area contributed by atoms with Gasteiger partial charge in [-0.3, -0.25) is 4.79 Å². The lowest BCUT2D eigenvalue weighted by Gasteiger charge is -2.28. The van der Waals surface area contributed by atoms with Crippen molar-refractivity contribution in [2.45, 2.75) is 89.4 Å². The molecule has 0 aromatic heterocycles. The Morgan fingerprint density at radius 1 is 0.951 bits per heavy atom. The molecule has 0 aliphatic carbocycles. The Morgan fingerprint density at radius 2 is 1.63 bits per heavy atom. The molecule has 0 aliphatic rings. The minimum absolute atomic E-state index is 0.0156. The molecule has 2 aromatic carbocycles. The van der Waals surface area contributed by atoms with E-state index >= 15 is 0 Å². The second-order valence-electron chi connectivity index (χ2n) is 10.2. The van der Waals surface area contributed by atoms with Gasteiger partial charge < -0.3 is 26.4 Å². The molecule has 3 atom stereocenters. The zero-order valence-corrected chi connectivity index (χ0v) is 23.9. The Morgan fingerprint density at radius 3 is 2.27 bits per heavy atom. The van der Waals surface area contributed by atoms with Crippen molar-refractivity contribution in [3.63, 3.8) is 0 Å². The van der Waals surface area contributed by atoms with Gasteiger partial charge in [0.2, 0.25) is 11.8 Å². The van der Waals surface area contributed by atoms with Crippen molar-refractivity contribution in [2.75, 3.05) is 13.6 Å². The summed E-state index contributed by atoms with van der Waals surface area (Å²) in [4.78, 5) is 25.3. The molecule has 2 aromatic rings. The van der Waals surface area contributed by atoms with Crippen LogP contribution < -0.4 is 21.3 Å². The van der Waals surface area contributed by atoms with Gasteiger partial charge in [0.15, 0.2) is 0 Å². The number of aliphatic hydroxyl groups is 1. The average molecular weight is 583 g/mol. The molecule has 3 amide bonds. The molecule has 2 rings (SSSR count). The van der Waals surface area contributed by atoms with Gasteiger partial charge in [-0.1, -0.05) is 44.5 Å². The van der Waals surface area contributed by atoms with Crippen LogP contribution in [0.4, 0.5) is 22.4 Å². The van der Waals surface area contributed by atoms with Crippen LogP contribution in [0.1, 0.15) is 62.6 Å². The Balaban J connectivity index is 2.18. The third kappa shape index (κ3) is 12.5. The third-order valence-corrected chi connectivity index (χ3v) is 6.80. The van der Waals surface area contributed by atoms with Crippen LogP contribution >= 0.6 is 0 Å². The molecular weight excluding hydrogens is 540 g/mol. The van der Waals surface area contributed by atoms with Crippen LogP contribution in [-0.4, -0.2) is 54.7 Å². The highest BCUT2D eigenvalue weighted by molar-refractivity contribution is 5.87. The average Bonchev–Trinajstić information content (AvgIpc) is 2.93. The minimum Gasteiger partial charge on any atom is -0.390 e. The highest BCUT2D eigenvalue weighted by Crippen LogP contribution is 2.27. The number of hydrogen-bond donors (Lipinski definition) is 5. The lowest BCUT2D eigenvalue weighted by molar-refractivity contribution is -0.125. The molecule has 0 heterocycles. The van der Waals surface area contributed by atoms with Gasteiger partial charge in [0, 0.05) is 39.0 Å². The number of aliphatic hydroxyl groups excluding tert-OH is 1. The predicted octanol–water partition coefficient (Wildman–Crippen LogP) is 4.61. The number of rotatable bonds is 17. The van der Waals surface area contributed by atoms with E-state index in [1.54, 1.807) is 6.92 Å². The number of nitrogens with one attached hydrogen (secondary N) is 4. The van der Waals surface area contributed by atoms with Gasteiger partial charge in [-0.25, -0.2) is 22.4 Å². The van der Waals surface area contributed by atoms with Crippen molar-refractivity contribution in [1.29, 1.82) is 0 Å². The van der Waals surface area contributed by atoms with Crippen molar-refractivity contribution in [3.8, 4) is 0 Å². The van der Waals surface area contributed by atoms with Crippen LogP contribution in [-0.2, 0) is 24.2 Å². The van der Waals surface area contributed by atoms with Crippen molar-refractivity contribution in [1.82, 2.24) is 21.3 Å². The molecule has 1 unspecified atom stereocenters. The number of carbonyl (C=O) groups excluding carboxylic acids is 2. The minimum atomic E-state index is -3.02. The van der Waals surface area contributed by atoms with Crippen LogP contribution in [0.3, 0.4) is 0 Å². The topological polar surface area (TPSA) is 102 Å². The van der Waals surface area contributed by atoms with Crippen LogP contribution in [0.15, 0.2) is 42.5 Å². The van der Waals surface area contributed by atoms with Gasteiger partial charge in [0.05, 0.1) is 12.1 Å². The highest BCUT2D eigenvalue weighted by atomic mass is 19.3. The molecule has 0 saturated heterocycles. The van der Waals surface area contributed by atoms with Gasteiger partial charge >= 0.3 is 6.03 Å². The third-order valence-electron chi connectivity index (χ3n) is 6.80. The van der Waals surface area contributed by atoms with Crippen molar-refractivity contribution in [2.24, 2.45) is 0 Å². The summed E-state index contributed by atoms with van der Waals surface area (Å²) in [5, 5.41) is 21.4. The zero-order chi connectivity index (χ0) is 30.4. The monoisotopic (exact) mass is 582 g/mol. The number of halogens is 4. The lowest BCUT2D eigenvalue weighted by Crippen LogP contribution is -2.56. The number of hydrogen-bond acceptors (Lipinski definition) is 4. The Hall–Kier alpha value is -3.18. The van der Waals surface area contributed by atoms with E-state index in [-0.39, 0.29) is 31.4 Å². The van der Waals surface area contributed by atoms with Gasteiger partial charge in [-0.15, -0.1) is 0 Å². The Bertz CT molecular complexity index is 1100. The fourth-order valence-electron chi connectivity index (χ4n) is 4.43. The molecule has 0 spiro atoms. The normalized spacial score (nSPS) is 13.8. The number of benzene rings is 2. The number of amides is 3. The van der Waals surface area contributed by atoms with E-state index in [0.717, 1.165) is 29.7 Å². The molecule has 41 heavy (non-hydrogen) atoms. The second-order valence-corrected chi connectivity index (χ2v) is 10.2. The van der Waals surface area contributed by atoms with E-state index < -0.39 is 54.1 Å². The molecule has 0 saturated carbocycles. The molecule has 0 radical (unpaired) electrons. The predicted molar refractivity (Wildman–Crippen MR) is 151 cm³/mol. The lowest BCUT2D eigenvalue weighted by atomic mass is 9.98. The first-order valence-corrected chi connectivity index (χ1v) is 14.0. The standard InChI is InChI=1S/C30H42F4N4O3/c1-4-6-11-30(33,34)12-10-25(38-29(41)35-3)28(40)37-26(16-22-14-23(31)17-24(32)15-22)27(39)19-36-18-21-9-7-8-20(5-2)13-21/h7-9,13-15,17,25-27,36,39H,4-6,10-12,16,18-19H2,1-3H3,(H,37,40)(H2,35,38,41)/t25?,26-,27+/m0/s1. The van der Waals surface area contributed by atoms with Crippen LogP contribution in [0.5, 0.6) is 0 Å². The van der Waals surface area contributed by atoms with Crippen LogP contribution in [0.2, 0.25) is 0 Å². The quantitative estimate of drug-likeness (QED) is 0.176. The van der Waals surface area contributed by atoms with E-state index in [4.69, 9.17) is 0 Å². The summed E-state index contributed by atoms with van der Waals surface area (Å²) < 4.78 is 56.5. The number of alkyl halides is 2. The fourth-order valence-corrected chi connectivity index (χ4v) is 4.43. The maximum atomic E-state index is 14.4. The molecule has 7 nitrogen and oxygen atoms in total. The first-order chi connectivity index (χ1) is 19.5.